The number of hydrogen-bond acceptors (Lipinski definition) is 7. The van der Waals surface area contributed by atoms with E-state index in [4.69, 9.17) is 20.9 Å². The molecule has 30 heavy (non-hydrogen) atoms. The quantitative estimate of drug-likeness (QED) is 0.737. The van der Waals surface area contributed by atoms with Crippen LogP contribution in [0.3, 0.4) is 0 Å². The van der Waals surface area contributed by atoms with Gasteiger partial charge in [0.2, 0.25) is 5.88 Å². The first kappa shape index (κ1) is 21.7. The summed E-state index contributed by atoms with van der Waals surface area (Å²) in [6.07, 6.45) is 0.854. The molecule has 2 heterocycles. The third-order valence-electron chi connectivity index (χ3n) is 4.74. The standard InChI is InChI=1S/C20H26N4O5S/c1-13-5-4-6-16(7-13)30(26,27)24-11-14(9-20(2,3)29-19(22)25)12-28-18-17(24)8-15(21)10-23-18/h4-8,10,14H,9,11-12,21H2,1-3H3,(H2,22,25). The van der Waals surface area contributed by atoms with Gasteiger partial charge in [0, 0.05) is 12.5 Å². The Kier molecular flexibility index (Phi) is 5.80. The van der Waals surface area contributed by atoms with Crippen molar-refractivity contribution < 1.29 is 22.7 Å². The van der Waals surface area contributed by atoms with Crippen LogP contribution >= 0.6 is 0 Å². The molecule has 0 radical (unpaired) electrons. The van der Waals surface area contributed by atoms with Crippen LogP contribution in [0, 0.1) is 12.8 Å². The molecule has 1 aliphatic heterocycles. The fourth-order valence-corrected chi connectivity index (χ4v) is 5.23. The zero-order valence-corrected chi connectivity index (χ0v) is 18.0. The van der Waals surface area contributed by atoms with Crippen molar-refractivity contribution in [3.05, 3.63) is 42.1 Å². The first-order valence-corrected chi connectivity index (χ1v) is 10.9. The van der Waals surface area contributed by atoms with Crippen LogP contribution in [-0.2, 0) is 14.8 Å². The second kappa shape index (κ2) is 8.02. The monoisotopic (exact) mass is 434 g/mol. The van der Waals surface area contributed by atoms with Gasteiger partial charge in [-0.15, -0.1) is 0 Å². The maximum Gasteiger partial charge on any atom is 0.405 e. The number of aryl methyl sites for hydroxylation is 1. The molecule has 1 atom stereocenters. The number of primary amides is 1. The van der Waals surface area contributed by atoms with Crippen molar-refractivity contribution >= 4 is 27.5 Å². The molecule has 0 bridgehead atoms. The molecule has 10 heteroatoms. The fourth-order valence-electron chi connectivity index (χ4n) is 3.59. The number of aromatic nitrogens is 1. The summed E-state index contributed by atoms with van der Waals surface area (Å²) in [6.45, 7) is 5.54. The summed E-state index contributed by atoms with van der Waals surface area (Å²) >= 11 is 0. The highest BCUT2D eigenvalue weighted by Crippen LogP contribution is 2.37. The maximum absolute atomic E-state index is 13.6. The van der Waals surface area contributed by atoms with Crippen molar-refractivity contribution in [1.82, 2.24) is 4.98 Å². The molecule has 0 fully saturated rings. The number of rotatable bonds is 5. The minimum absolute atomic E-state index is 0.0972. The van der Waals surface area contributed by atoms with Gasteiger partial charge in [0.05, 0.1) is 23.4 Å². The molecule has 1 unspecified atom stereocenters. The van der Waals surface area contributed by atoms with Crippen LogP contribution < -0.4 is 20.5 Å². The molecule has 1 amide bonds. The Labute approximate surface area is 176 Å². The zero-order chi connectivity index (χ0) is 22.1. The second-order valence-corrected chi connectivity index (χ2v) is 9.87. The fraction of sp³-hybridized carbons (Fsp3) is 0.400. The molecule has 1 aliphatic rings. The number of benzene rings is 1. The molecule has 0 spiro atoms. The molecule has 162 valence electrons. The van der Waals surface area contributed by atoms with Gasteiger partial charge in [-0.1, -0.05) is 12.1 Å². The van der Waals surface area contributed by atoms with Crippen molar-refractivity contribution in [2.45, 2.75) is 37.7 Å². The highest BCUT2D eigenvalue weighted by atomic mass is 32.2. The molecule has 0 saturated carbocycles. The summed E-state index contributed by atoms with van der Waals surface area (Å²) in [6, 6.07) is 8.20. The summed E-state index contributed by atoms with van der Waals surface area (Å²) in [4.78, 5) is 15.6. The minimum atomic E-state index is -3.92. The van der Waals surface area contributed by atoms with Crippen molar-refractivity contribution in [2.75, 3.05) is 23.2 Å². The summed E-state index contributed by atoms with van der Waals surface area (Å²) in [7, 11) is -3.92. The van der Waals surface area contributed by atoms with Crippen LogP contribution in [0.15, 0.2) is 41.4 Å². The van der Waals surface area contributed by atoms with Gasteiger partial charge in [-0.3, -0.25) is 4.31 Å². The lowest BCUT2D eigenvalue weighted by Gasteiger charge is -2.30. The highest BCUT2D eigenvalue weighted by Gasteiger charge is 2.36. The van der Waals surface area contributed by atoms with E-state index in [9.17, 15) is 13.2 Å². The second-order valence-electron chi connectivity index (χ2n) is 8.01. The van der Waals surface area contributed by atoms with Crippen LogP contribution in [0.1, 0.15) is 25.8 Å². The Morgan fingerprint density at radius 3 is 2.77 bits per heavy atom. The van der Waals surface area contributed by atoms with E-state index in [0.29, 0.717) is 12.1 Å². The van der Waals surface area contributed by atoms with Crippen molar-refractivity contribution in [2.24, 2.45) is 11.7 Å². The number of carbonyl (C=O) groups excluding carboxylic acids is 1. The highest BCUT2D eigenvalue weighted by molar-refractivity contribution is 7.92. The summed E-state index contributed by atoms with van der Waals surface area (Å²) < 4.78 is 39.4. The van der Waals surface area contributed by atoms with Crippen molar-refractivity contribution in [3.63, 3.8) is 0 Å². The van der Waals surface area contributed by atoms with Crippen LogP contribution in [0.2, 0.25) is 0 Å². The Balaban J connectivity index is 2.03. The first-order chi connectivity index (χ1) is 14.0. The average Bonchev–Trinajstić information content (AvgIpc) is 2.80. The summed E-state index contributed by atoms with van der Waals surface area (Å²) in [5.41, 5.74) is 11.6. The van der Waals surface area contributed by atoms with Crippen LogP contribution in [-0.4, -0.2) is 38.2 Å². The molecule has 3 rings (SSSR count). The first-order valence-electron chi connectivity index (χ1n) is 9.44. The van der Waals surface area contributed by atoms with E-state index in [0.717, 1.165) is 5.56 Å². The van der Waals surface area contributed by atoms with E-state index in [2.05, 4.69) is 4.98 Å². The molecule has 4 N–H and O–H groups in total. The normalized spacial score (nSPS) is 16.9. The Bertz CT molecular complexity index is 1050. The zero-order valence-electron chi connectivity index (χ0n) is 17.2. The van der Waals surface area contributed by atoms with Gasteiger partial charge >= 0.3 is 6.09 Å². The van der Waals surface area contributed by atoms with Crippen molar-refractivity contribution in [3.8, 4) is 5.88 Å². The largest absolute Gasteiger partial charge is 0.476 e. The summed E-state index contributed by atoms with van der Waals surface area (Å²) in [5.74, 6) is -0.120. The van der Waals surface area contributed by atoms with Crippen molar-refractivity contribution in [1.29, 1.82) is 0 Å². The molecule has 2 aromatic rings. The number of anilines is 2. The van der Waals surface area contributed by atoms with E-state index in [1.807, 2.05) is 13.0 Å². The van der Waals surface area contributed by atoms with Crippen LogP contribution in [0.25, 0.3) is 0 Å². The predicted octanol–water partition coefficient (Wildman–Crippen LogP) is 2.44. The van der Waals surface area contributed by atoms with Gasteiger partial charge in [0.1, 0.15) is 11.3 Å². The minimum Gasteiger partial charge on any atom is -0.476 e. The Hall–Kier alpha value is -3.01. The number of sulfonamides is 1. The lowest BCUT2D eigenvalue weighted by molar-refractivity contribution is 0.0220. The smallest absolute Gasteiger partial charge is 0.405 e. The number of fused-ring (bicyclic) bond motifs is 1. The van der Waals surface area contributed by atoms with Crippen LogP contribution in [0.5, 0.6) is 5.88 Å². The number of nitrogen functional groups attached to an aromatic ring is 1. The van der Waals surface area contributed by atoms with Gasteiger partial charge < -0.3 is 20.9 Å². The van der Waals surface area contributed by atoms with Gasteiger partial charge in [-0.2, -0.15) is 0 Å². The third kappa shape index (κ3) is 4.76. The molecular weight excluding hydrogens is 408 g/mol. The third-order valence-corrected chi connectivity index (χ3v) is 6.51. The van der Waals surface area contributed by atoms with Crippen LogP contribution in [0.4, 0.5) is 16.2 Å². The number of nitrogens with zero attached hydrogens (tertiary/aromatic N) is 2. The molecule has 0 aliphatic carbocycles. The maximum atomic E-state index is 13.6. The topological polar surface area (TPSA) is 138 Å². The van der Waals surface area contributed by atoms with E-state index < -0.39 is 21.7 Å². The molecule has 1 aromatic carbocycles. The summed E-state index contributed by atoms with van der Waals surface area (Å²) in [5, 5.41) is 0. The molecule has 0 saturated heterocycles. The lowest BCUT2D eigenvalue weighted by atomic mass is 9.93. The Morgan fingerprint density at radius 1 is 1.37 bits per heavy atom. The van der Waals surface area contributed by atoms with E-state index >= 15 is 0 Å². The molecule has 9 nitrogen and oxygen atoms in total. The number of ether oxygens (including phenoxy) is 2. The Morgan fingerprint density at radius 2 is 2.10 bits per heavy atom. The van der Waals surface area contributed by atoms with E-state index in [1.165, 1.54) is 16.6 Å². The number of nitrogens with two attached hydrogens (primary N) is 2. The molecule has 1 aromatic heterocycles. The number of hydrogen-bond donors (Lipinski definition) is 2. The van der Waals surface area contributed by atoms with E-state index in [1.54, 1.807) is 32.0 Å². The molecular formula is C20H26N4O5S. The van der Waals surface area contributed by atoms with Gasteiger partial charge in [-0.05, 0) is 51.0 Å². The lowest BCUT2D eigenvalue weighted by Crippen LogP contribution is -2.40. The number of carbonyl (C=O) groups is 1. The van der Waals surface area contributed by atoms with Gasteiger partial charge in [0.25, 0.3) is 10.0 Å². The predicted molar refractivity (Wildman–Crippen MR) is 113 cm³/mol. The average molecular weight is 435 g/mol. The SMILES string of the molecule is Cc1cccc(S(=O)(=O)N2CC(CC(C)(C)OC(N)=O)COc3ncc(N)cc32)c1. The van der Waals surface area contributed by atoms with Gasteiger partial charge in [-0.25, -0.2) is 18.2 Å². The van der Waals surface area contributed by atoms with Gasteiger partial charge in [0.15, 0.2) is 0 Å². The number of pyridine rings is 1. The van der Waals surface area contributed by atoms with E-state index in [-0.39, 0.29) is 35.5 Å². The number of amides is 1.